The van der Waals surface area contributed by atoms with Crippen molar-refractivity contribution in [2.45, 2.75) is 20.1 Å². The number of benzene rings is 1. The van der Waals surface area contributed by atoms with Gasteiger partial charge in [0.25, 0.3) is 0 Å². The molecule has 0 aliphatic rings. The topological polar surface area (TPSA) is 38.8 Å². The lowest BCUT2D eigenvalue weighted by molar-refractivity contribution is -0.144. The van der Waals surface area contributed by atoms with Gasteiger partial charge in [0.2, 0.25) is 0 Å². The summed E-state index contributed by atoms with van der Waals surface area (Å²) < 4.78 is 33.3. The highest BCUT2D eigenvalue weighted by atomic mass is 19.3. The summed E-state index contributed by atoms with van der Waals surface area (Å²) in [6.07, 6.45) is 0. The predicted molar refractivity (Wildman–Crippen MR) is 66.0 cm³/mol. The molecule has 0 aliphatic carbocycles. The van der Waals surface area contributed by atoms with E-state index in [1.54, 1.807) is 31.0 Å². The fourth-order valence-corrected chi connectivity index (χ4v) is 1.61. The largest absolute Gasteiger partial charge is 0.465 e. The van der Waals surface area contributed by atoms with Crippen molar-refractivity contribution in [2.24, 2.45) is 0 Å². The number of likely N-dealkylation sites (N-methyl/N-ethyl adjacent to an activating group) is 1. The number of esters is 1. The van der Waals surface area contributed by atoms with Crippen molar-refractivity contribution in [1.29, 1.82) is 0 Å². The molecule has 1 aromatic rings. The average molecular weight is 273 g/mol. The van der Waals surface area contributed by atoms with E-state index in [0.29, 0.717) is 13.2 Å². The molecule has 0 fully saturated rings. The Morgan fingerprint density at radius 1 is 1.42 bits per heavy atom. The van der Waals surface area contributed by atoms with Crippen molar-refractivity contribution >= 4 is 5.97 Å². The predicted octanol–water partition coefficient (Wildman–Crippen LogP) is 2.28. The maximum absolute atomic E-state index is 12.1. The standard InChI is InChI=1S/C13H17F2NO3/c1-3-18-12(17)9-16(2)8-10-5-4-6-11(7-10)19-13(14)15/h4-7,13H,3,8-9H2,1-2H3. The van der Waals surface area contributed by atoms with Crippen molar-refractivity contribution in [1.82, 2.24) is 4.90 Å². The highest BCUT2D eigenvalue weighted by Gasteiger charge is 2.09. The minimum Gasteiger partial charge on any atom is -0.465 e. The van der Waals surface area contributed by atoms with Crippen LogP contribution in [0.5, 0.6) is 5.75 Å². The number of carbonyl (C=O) groups excluding carboxylic acids is 1. The summed E-state index contributed by atoms with van der Waals surface area (Å²) >= 11 is 0. The Balaban J connectivity index is 2.54. The Kier molecular flexibility index (Phi) is 6.21. The second-order valence-corrected chi connectivity index (χ2v) is 4.00. The molecule has 0 saturated carbocycles. The first-order valence-electron chi connectivity index (χ1n) is 5.89. The minimum atomic E-state index is -2.84. The van der Waals surface area contributed by atoms with Gasteiger partial charge in [-0.1, -0.05) is 12.1 Å². The van der Waals surface area contributed by atoms with Gasteiger partial charge in [0.15, 0.2) is 0 Å². The number of alkyl halides is 2. The SMILES string of the molecule is CCOC(=O)CN(C)Cc1cccc(OC(F)F)c1. The molecule has 0 spiro atoms. The fraction of sp³-hybridized carbons (Fsp3) is 0.462. The van der Waals surface area contributed by atoms with Crippen LogP contribution >= 0.6 is 0 Å². The van der Waals surface area contributed by atoms with E-state index in [1.807, 2.05) is 0 Å². The second kappa shape index (κ2) is 7.68. The van der Waals surface area contributed by atoms with Gasteiger partial charge in [0.1, 0.15) is 5.75 Å². The molecule has 4 nitrogen and oxygen atoms in total. The third kappa shape index (κ3) is 6.15. The van der Waals surface area contributed by atoms with Crippen LogP contribution in [0.3, 0.4) is 0 Å². The molecule has 0 aliphatic heterocycles. The second-order valence-electron chi connectivity index (χ2n) is 4.00. The summed E-state index contributed by atoms with van der Waals surface area (Å²) in [7, 11) is 1.75. The number of nitrogens with zero attached hydrogens (tertiary/aromatic N) is 1. The minimum absolute atomic E-state index is 0.108. The zero-order valence-corrected chi connectivity index (χ0v) is 10.9. The van der Waals surface area contributed by atoms with Crippen molar-refractivity contribution in [3.8, 4) is 5.75 Å². The summed E-state index contributed by atoms with van der Waals surface area (Å²) in [4.78, 5) is 13.0. The molecule has 19 heavy (non-hydrogen) atoms. The summed E-state index contributed by atoms with van der Waals surface area (Å²) in [5.74, 6) is -0.206. The maximum atomic E-state index is 12.1. The van der Waals surface area contributed by atoms with Crippen LogP contribution < -0.4 is 4.74 Å². The van der Waals surface area contributed by atoms with Gasteiger partial charge in [0, 0.05) is 6.54 Å². The molecule has 1 aromatic carbocycles. The first-order valence-corrected chi connectivity index (χ1v) is 5.89. The summed E-state index contributed by atoms with van der Waals surface area (Å²) in [6, 6.07) is 6.39. The van der Waals surface area contributed by atoms with E-state index in [1.165, 1.54) is 12.1 Å². The van der Waals surface area contributed by atoms with Gasteiger partial charge in [-0.05, 0) is 31.7 Å². The smallest absolute Gasteiger partial charge is 0.387 e. The average Bonchev–Trinajstić information content (AvgIpc) is 2.28. The van der Waals surface area contributed by atoms with Crippen LogP contribution in [0.15, 0.2) is 24.3 Å². The maximum Gasteiger partial charge on any atom is 0.387 e. The molecule has 0 aromatic heterocycles. The van der Waals surface area contributed by atoms with Crippen molar-refractivity contribution in [3.63, 3.8) is 0 Å². The van der Waals surface area contributed by atoms with Crippen LogP contribution in [0, 0.1) is 0 Å². The third-order valence-electron chi connectivity index (χ3n) is 2.28. The van der Waals surface area contributed by atoms with Crippen LogP contribution in [-0.4, -0.2) is 37.7 Å². The lowest BCUT2D eigenvalue weighted by atomic mass is 10.2. The Hall–Kier alpha value is -1.69. The van der Waals surface area contributed by atoms with Gasteiger partial charge < -0.3 is 9.47 Å². The number of hydrogen-bond donors (Lipinski definition) is 0. The molecule has 0 atom stereocenters. The molecule has 0 N–H and O–H groups in total. The van der Waals surface area contributed by atoms with E-state index in [0.717, 1.165) is 5.56 Å². The van der Waals surface area contributed by atoms with Crippen molar-refractivity contribution in [3.05, 3.63) is 29.8 Å². The molecule has 0 amide bonds. The third-order valence-corrected chi connectivity index (χ3v) is 2.28. The molecule has 0 unspecified atom stereocenters. The number of rotatable bonds is 7. The normalized spacial score (nSPS) is 10.8. The fourth-order valence-electron chi connectivity index (χ4n) is 1.61. The molecule has 0 saturated heterocycles. The van der Waals surface area contributed by atoms with Crippen LogP contribution in [0.2, 0.25) is 0 Å². The molecule has 1 rings (SSSR count). The lowest BCUT2D eigenvalue weighted by Crippen LogP contribution is -2.27. The van der Waals surface area contributed by atoms with Gasteiger partial charge >= 0.3 is 12.6 Å². The van der Waals surface area contributed by atoms with E-state index in [2.05, 4.69) is 4.74 Å². The van der Waals surface area contributed by atoms with Gasteiger partial charge in [-0.15, -0.1) is 0 Å². The van der Waals surface area contributed by atoms with Crippen LogP contribution in [0.25, 0.3) is 0 Å². The quantitative estimate of drug-likeness (QED) is 0.714. The van der Waals surface area contributed by atoms with E-state index in [9.17, 15) is 13.6 Å². The van der Waals surface area contributed by atoms with E-state index >= 15 is 0 Å². The monoisotopic (exact) mass is 273 g/mol. The van der Waals surface area contributed by atoms with E-state index < -0.39 is 6.61 Å². The molecular weight excluding hydrogens is 256 g/mol. The number of halogens is 2. The number of ether oxygens (including phenoxy) is 2. The zero-order chi connectivity index (χ0) is 14.3. The molecule has 0 bridgehead atoms. The lowest BCUT2D eigenvalue weighted by Gasteiger charge is -2.16. The molecule has 0 heterocycles. The molecule has 6 heteroatoms. The van der Waals surface area contributed by atoms with E-state index in [4.69, 9.17) is 4.74 Å². The first kappa shape index (κ1) is 15.4. The molecule has 106 valence electrons. The molecular formula is C13H17F2NO3. The van der Waals surface area contributed by atoms with Gasteiger partial charge in [0.05, 0.1) is 13.2 Å². The Morgan fingerprint density at radius 3 is 2.79 bits per heavy atom. The van der Waals surface area contributed by atoms with E-state index in [-0.39, 0.29) is 18.3 Å². The van der Waals surface area contributed by atoms with Gasteiger partial charge in [-0.25, -0.2) is 0 Å². The number of carbonyl (C=O) groups is 1. The van der Waals surface area contributed by atoms with Crippen LogP contribution in [-0.2, 0) is 16.1 Å². The first-order chi connectivity index (χ1) is 9.01. The zero-order valence-electron chi connectivity index (χ0n) is 10.9. The highest BCUT2D eigenvalue weighted by Crippen LogP contribution is 2.16. The van der Waals surface area contributed by atoms with Crippen molar-refractivity contribution < 1.29 is 23.0 Å². The van der Waals surface area contributed by atoms with Crippen molar-refractivity contribution in [2.75, 3.05) is 20.2 Å². The highest BCUT2D eigenvalue weighted by molar-refractivity contribution is 5.71. The summed E-state index contributed by atoms with van der Waals surface area (Å²) in [5.41, 5.74) is 0.782. The van der Waals surface area contributed by atoms with Crippen LogP contribution in [0.4, 0.5) is 8.78 Å². The Bertz CT molecular complexity index is 413. The van der Waals surface area contributed by atoms with Crippen LogP contribution in [0.1, 0.15) is 12.5 Å². The summed E-state index contributed by atoms with van der Waals surface area (Å²) in [5, 5.41) is 0. The Labute approximate surface area is 110 Å². The van der Waals surface area contributed by atoms with Gasteiger partial charge in [-0.3, -0.25) is 9.69 Å². The number of hydrogen-bond acceptors (Lipinski definition) is 4. The molecule has 0 radical (unpaired) electrons. The summed E-state index contributed by atoms with van der Waals surface area (Å²) in [6.45, 7) is -0.173. The Morgan fingerprint density at radius 2 is 2.16 bits per heavy atom. The van der Waals surface area contributed by atoms with Gasteiger partial charge in [-0.2, -0.15) is 8.78 Å².